The molecule has 0 aliphatic heterocycles. The molecule has 20 heavy (non-hydrogen) atoms. The van der Waals surface area contributed by atoms with Gasteiger partial charge in [-0.3, -0.25) is 11.3 Å². The van der Waals surface area contributed by atoms with E-state index < -0.39 is 0 Å². The van der Waals surface area contributed by atoms with E-state index in [1.807, 2.05) is 10.9 Å². The number of hydrazine groups is 1. The van der Waals surface area contributed by atoms with Gasteiger partial charge in [-0.2, -0.15) is 0 Å². The van der Waals surface area contributed by atoms with Crippen LogP contribution in [0.2, 0.25) is 0 Å². The Labute approximate surface area is 123 Å². The first-order chi connectivity index (χ1) is 9.83. The fourth-order valence-corrected chi connectivity index (χ4v) is 2.54. The van der Waals surface area contributed by atoms with Crippen LogP contribution in [0.4, 0.5) is 0 Å². The van der Waals surface area contributed by atoms with Crippen molar-refractivity contribution in [3.63, 3.8) is 0 Å². The molecule has 0 fully saturated rings. The van der Waals surface area contributed by atoms with E-state index in [1.165, 1.54) is 44.9 Å². The number of nitrogens with one attached hydrogen (secondary N) is 1. The summed E-state index contributed by atoms with van der Waals surface area (Å²) in [5.41, 5.74) is 4.03. The molecule has 0 aliphatic rings. The van der Waals surface area contributed by atoms with Crippen LogP contribution in [0.5, 0.6) is 0 Å². The van der Waals surface area contributed by atoms with E-state index in [1.54, 1.807) is 0 Å². The third kappa shape index (κ3) is 6.01. The van der Waals surface area contributed by atoms with Crippen LogP contribution in [-0.2, 0) is 6.54 Å². The number of aromatic nitrogens is 3. The highest BCUT2D eigenvalue weighted by atomic mass is 15.4. The van der Waals surface area contributed by atoms with Crippen molar-refractivity contribution in [3.05, 3.63) is 11.9 Å². The second-order valence-electron chi connectivity index (χ2n) is 5.51. The van der Waals surface area contributed by atoms with Crippen molar-refractivity contribution in [2.75, 3.05) is 0 Å². The maximum Gasteiger partial charge on any atom is 0.0770 e. The summed E-state index contributed by atoms with van der Waals surface area (Å²) >= 11 is 0. The van der Waals surface area contributed by atoms with Crippen molar-refractivity contribution in [2.45, 2.75) is 84.2 Å². The molecule has 1 aromatic rings. The molecule has 3 N–H and O–H groups in total. The van der Waals surface area contributed by atoms with Gasteiger partial charge in [0.1, 0.15) is 0 Å². The Balaban J connectivity index is 2.27. The van der Waals surface area contributed by atoms with Crippen LogP contribution in [-0.4, -0.2) is 15.0 Å². The predicted octanol–water partition coefficient (Wildman–Crippen LogP) is 3.33. The van der Waals surface area contributed by atoms with Crippen molar-refractivity contribution >= 4 is 0 Å². The van der Waals surface area contributed by atoms with Crippen LogP contribution in [0.15, 0.2) is 6.20 Å². The van der Waals surface area contributed by atoms with Crippen LogP contribution in [0.25, 0.3) is 0 Å². The van der Waals surface area contributed by atoms with E-state index in [-0.39, 0.29) is 6.04 Å². The summed E-state index contributed by atoms with van der Waals surface area (Å²) in [5.74, 6) is 5.69. The first-order valence-electron chi connectivity index (χ1n) is 8.18. The van der Waals surface area contributed by atoms with Gasteiger partial charge in [0, 0.05) is 6.54 Å². The molecule has 0 aromatic carbocycles. The number of hydrogen-bond donors (Lipinski definition) is 2. The van der Waals surface area contributed by atoms with E-state index in [2.05, 4.69) is 29.6 Å². The highest BCUT2D eigenvalue weighted by Gasteiger charge is 2.14. The zero-order valence-corrected chi connectivity index (χ0v) is 13.1. The smallest absolute Gasteiger partial charge is 0.0770 e. The van der Waals surface area contributed by atoms with Crippen LogP contribution >= 0.6 is 0 Å². The Bertz CT molecular complexity index is 337. The minimum absolute atomic E-state index is 0.173. The summed E-state index contributed by atoms with van der Waals surface area (Å²) in [7, 11) is 0. The second-order valence-corrected chi connectivity index (χ2v) is 5.51. The lowest BCUT2D eigenvalue weighted by Gasteiger charge is -2.16. The molecule has 1 heterocycles. The zero-order valence-electron chi connectivity index (χ0n) is 13.1. The summed E-state index contributed by atoms with van der Waals surface area (Å²) in [6.07, 6.45) is 13.2. The predicted molar refractivity (Wildman–Crippen MR) is 83.0 cm³/mol. The van der Waals surface area contributed by atoms with Crippen LogP contribution in [0.1, 0.15) is 83.4 Å². The van der Waals surface area contributed by atoms with Gasteiger partial charge in [0.2, 0.25) is 0 Å². The topological polar surface area (TPSA) is 68.8 Å². The van der Waals surface area contributed by atoms with Crippen molar-refractivity contribution in [1.82, 2.24) is 20.4 Å². The molecule has 1 aromatic heterocycles. The van der Waals surface area contributed by atoms with Crippen molar-refractivity contribution in [3.8, 4) is 0 Å². The molecule has 5 heteroatoms. The molecular weight excluding hydrogens is 250 g/mol. The van der Waals surface area contributed by atoms with Crippen LogP contribution < -0.4 is 11.3 Å². The molecule has 0 aliphatic carbocycles. The molecule has 0 spiro atoms. The van der Waals surface area contributed by atoms with Gasteiger partial charge in [-0.05, 0) is 12.8 Å². The van der Waals surface area contributed by atoms with Gasteiger partial charge in [0.15, 0.2) is 0 Å². The molecule has 0 bridgehead atoms. The van der Waals surface area contributed by atoms with Crippen LogP contribution in [0.3, 0.4) is 0 Å². The summed E-state index contributed by atoms with van der Waals surface area (Å²) < 4.78 is 1.96. The Morgan fingerprint density at radius 1 is 1.10 bits per heavy atom. The van der Waals surface area contributed by atoms with Gasteiger partial charge in [0.05, 0.1) is 17.9 Å². The van der Waals surface area contributed by atoms with Gasteiger partial charge in [0.25, 0.3) is 0 Å². The average Bonchev–Trinajstić information content (AvgIpc) is 2.91. The van der Waals surface area contributed by atoms with Gasteiger partial charge in [-0.1, -0.05) is 64.0 Å². The van der Waals surface area contributed by atoms with Gasteiger partial charge < -0.3 is 0 Å². The van der Waals surface area contributed by atoms with E-state index in [9.17, 15) is 0 Å². The summed E-state index contributed by atoms with van der Waals surface area (Å²) in [6, 6.07) is 0.173. The normalized spacial score (nSPS) is 12.8. The highest BCUT2D eigenvalue weighted by Crippen LogP contribution is 2.19. The van der Waals surface area contributed by atoms with Crippen LogP contribution in [0, 0.1) is 0 Å². The summed E-state index contributed by atoms with van der Waals surface area (Å²) in [4.78, 5) is 0. The number of unbranched alkanes of at least 4 members (excludes halogenated alkanes) is 6. The largest absolute Gasteiger partial charge is 0.271 e. The quantitative estimate of drug-likeness (QED) is 0.350. The molecule has 0 radical (unpaired) electrons. The third-order valence-corrected chi connectivity index (χ3v) is 3.74. The maximum atomic E-state index is 5.69. The minimum Gasteiger partial charge on any atom is -0.271 e. The Morgan fingerprint density at radius 3 is 2.45 bits per heavy atom. The Hall–Kier alpha value is -0.940. The highest BCUT2D eigenvalue weighted by molar-refractivity contribution is 5.01. The molecule has 1 rings (SSSR count). The van der Waals surface area contributed by atoms with Gasteiger partial charge in [-0.25, -0.2) is 4.68 Å². The molecule has 0 saturated heterocycles. The lowest BCUT2D eigenvalue weighted by molar-refractivity contribution is 0.434. The maximum absolute atomic E-state index is 5.69. The lowest BCUT2D eigenvalue weighted by Crippen LogP contribution is -2.30. The number of aryl methyl sites for hydroxylation is 1. The molecule has 1 atom stereocenters. The SMILES string of the molecule is CCCCCCCCCC(NN)c1cnnn1CCC. The first kappa shape index (κ1) is 17.1. The number of hydrogen-bond acceptors (Lipinski definition) is 4. The Morgan fingerprint density at radius 2 is 1.80 bits per heavy atom. The first-order valence-corrected chi connectivity index (χ1v) is 8.18. The van der Waals surface area contributed by atoms with Crippen molar-refractivity contribution in [1.29, 1.82) is 0 Å². The molecule has 0 amide bonds. The Kier molecular flexibility index (Phi) is 9.24. The molecule has 1 unspecified atom stereocenters. The standard InChI is InChI=1S/C15H31N5/c1-3-5-6-7-8-9-10-11-14(18-16)15-13-17-19-20(15)12-4-2/h13-14,18H,3-12,16H2,1-2H3. The molecule has 0 saturated carbocycles. The lowest BCUT2D eigenvalue weighted by atomic mass is 10.0. The average molecular weight is 281 g/mol. The third-order valence-electron chi connectivity index (χ3n) is 3.74. The number of rotatable bonds is 12. The molecule has 116 valence electrons. The fraction of sp³-hybridized carbons (Fsp3) is 0.867. The van der Waals surface area contributed by atoms with E-state index in [0.29, 0.717) is 0 Å². The number of nitrogens with two attached hydrogens (primary N) is 1. The van der Waals surface area contributed by atoms with Gasteiger partial charge >= 0.3 is 0 Å². The second kappa shape index (κ2) is 10.8. The van der Waals surface area contributed by atoms with Crippen molar-refractivity contribution < 1.29 is 0 Å². The summed E-state index contributed by atoms with van der Waals surface area (Å²) in [6.45, 7) is 5.31. The molecular formula is C15H31N5. The fourth-order valence-electron chi connectivity index (χ4n) is 2.54. The number of nitrogens with zero attached hydrogens (tertiary/aromatic N) is 3. The zero-order chi connectivity index (χ0) is 14.6. The monoisotopic (exact) mass is 281 g/mol. The minimum atomic E-state index is 0.173. The van der Waals surface area contributed by atoms with Crippen molar-refractivity contribution in [2.24, 2.45) is 5.84 Å². The van der Waals surface area contributed by atoms with E-state index >= 15 is 0 Å². The van der Waals surface area contributed by atoms with E-state index in [4.69, 9.17) is 5.84 Å². The summed E-state index contributed by atoms with van der Waals surface area (Å²) in [5, 5.41) is 8.13. The molecule has 5 nitrogen and oxygen atoms in total. The van der Waals surface area contributed by atoms with E-state index in [0.717, 1.165) is 25.1 Å². The van der Waals surface area contributed by atoms with Gasteiger partial charge in [-0.15, -0.1) is 5.10 Å².